The second kappa shape index (κ2) is 9.06. The number of imidazole rings is 1. The summed E-state index contributed by atoms with van der Waals surface area (Å²) in [7, 11) is 3.42. The first kappa shape index (κ1) is 19.9. The molecule has 0 radical (unpaired) electrons. The number of aliphatic hydroxyl groups excluding tert-OH is 2. The Bertz CT molecular complexity index is 566. The number of rotatable bonds is 6. The zero-order valence-electron chi connectivity index (χ0n) is 12.1. The average Bonchev–Trinajstić information content (AvgIpc) is 2.92. The van der Waals surface area contributed by atoms with Crippen molar-refractivity contribution in [2.75, 3.05) is 14.1 Å². The number of carbonyl (C=O) groups excluding carboxylic acids is 1. The molecule has 128 valence electrons. The highest BCUT2D eigenvalue weighted by Gasteiger charge is 2.29. The fourth-order valence-corrected chi connectivity index (χ4v) is 0.948. The first-order valence-electron chi connectivity index (χ1n) is 5.81. The van der Waals surface area contributed by atoms with Crippen LogP contribution in [0.1, 0.15) is 10.5 Å². The lowest BCUT2D eigenvalue weighted by atomic mass is 10.2. The fraction of sp³-hybridized carbons (Fsp3) is 0.400. The van der Waals surface area contributed by atoms with E-state index in [9.17, 15) is 14.4 Å². The van der Waals surface area contributed by atoms with Crippen LogP contribution >= 0.6 is 0 Å². The molecule has 0 aliphatic rings. The van der Waals surface area contributed by atoms with Crippen molar-refractivity contribution < 1.29 is 34.8 Å². The van der Waals surface area contributed by atoms with Gasteiger partial charge in [0.05, 0.1) is 6.33 Å². The first-order valence-corrected chi connectivity index (χ1v) is 5.81. The number of nitrogens with zero attached hydrogens (tertiary/aromatic N) is 4. The van der Waals surface area contributed by atoms with E-state index < -0.39 is 30.1 Å². The van der Waals surface area contributed by atoms with Crippen molar-refractivity contribution in [3.05, 3.63) is 12.0 Å². The van der Waals surface area contributed by atoms with E-state index in [4.69, 9.17) is 26.2 Å². The number of carboxylic acids is 2. The molecular weight excluding hydrogens is 316 g/mol. The van der Waals surface area contributed by atoms with Gasteiger partial charge in [0.15, 0.2) is 23.7 Å². The third-order valence-corrected chi connectivity index (χ3v) is 1.98. The minimum Gasteiger partial charge on any atom is -0.479 e. The van der Waals surface area contributed by atoms with E-state index in [1.807, 2.05) is 0 Å². The number of aliphatic carboxylic acids is 2. The van der Waals surface area contributed by atoms with Crippen molar-refractivity contribution in [1.29, 1.82) is 0 Å². The second-order valence-electron chi connectivity index (χ2n) is 4.07. The lowest BCUT2D eigenvalue weighted by molar-refractivity contribution is -0.165. The molecule has 0 spiro atoms. The van der Waals surface area contributed by atoms with Gasteiger partial charge in [-0.3, -0.25) is 9.80 Å². The summed E-state index contributed by atoms with van der Waals surface area (Å²) in [6, 6.07) is 0. The summed E-state index contributed by atoms with van der Waals surface area (Å²) >= 11 is 0. The Labute approximate surface area is 129 Å². The number of carboxylic acid groups (broad SMARTS) is 2. The number of carbonyl (C=O) groups is 3. The lowest BCUT2D eigenvalue weighted by Crippen LogP contribution is -2.39. The zero-order chi connectivity index (χ0) is 18.2. The van der Waals surface area contributed by atoms with Crippen molar-refractivity contribution in [3.63, 3.8) is 0 Å². The van der Waals surface area contributed by atoms with Crippen molar-refractivity contribution in [2.45, 2.75) is 12.2 Å². The highest BCUT2D eigenvalue weighted by atomic mass is 16.4. The van der Waals surface area contributed by atoms with Crippen molar-refractivity contribution in [2.24, 2.45) is 16.1 Å². The molecule has 1 aromatic rings. The molecule has 13 heteroatoms. The molecule has 1 aromatic heterocycles. The normalized spacial score (nSPS) is 12.9. The van der Waals surface area contributed by atoms with Crippen LogP contribution in [-0.2, 0) is 9.59 Å². The predicted molar refractivity (Wildman–Crippen MR) is 72.6 cm³/mol. The molecule has 0 fully saturated rings. The Hall–Kier alpha value is -3.06. The minimum absolute atomic E-state index is 0.0885. The number of H-pyrrole nitrogens is 1. The molecule has 0 saturated heterocycles. The van der Waals surface area contributed by atoms with E-state index in [2.05, 4.69) is 20.3 Å². The Morgan fingerprint density at radius 3 is 2.04 bits per heavy atom. The standard InChI is InChI=1S/C6H10N6O.C4H6O6/c1-12(2)11-10-6-4(5(7)13)8-3-9-6;5-1(3(7)8)2(6)4(9)10/h3H,1-2H3,(H2,7,13)(H,8,9);1-2,5-6H,(H,7,8)(H,9,10). The average molecular weight is 332 g/mol. The number of primary amides is 1. The maximum atomic E-state index is 10.8. The molecule has 0 aliphatic carbocycles. The molecule has 13 nitrogen and oxygen atoms in total. The van der Waals surface area contributed by atoms with Gasteiger partial charge in [0.1, 0.15) is 0 Å². The van der Waals surface area contributed by atoms with Crippen LogP contribution in [-0.4, -0.2) is 79.6 Å². The number of aromatic nitrogens is 2. The van der Waals surface area contributed by atoms with Crippen LogP contribution in [0.4, 0.5) is 5.82 Å². The summed E-state index contributed by atoms with van der Waals surface area (Å²) in [6.45, 7) is 0. The molecule has 1 rings (SSSR count). The maximum absolute atomic E-state index is 10.8. The molecule has 0 bridgehead atoms. The summed E-state index contributed by atoms with van der Waals surface area (Å²) in [4.78, 5) is 36.6. The van der Waals surface area contributed by atoms with Gasteiger partial charge in [-0.05, 0) is 0 Å². The smallest absolute Gasteiger partial charge is 0.335 e. The van der Waals surface area contributed by atoms with E-state index in [1.54, 1.807) is 14.1 Å². The van der Waals surface area contributed by atoms with Crippen molar-refractivity contribution >= 4 is 23.7 Å². The summed E-state index contributed by atoms with van der Waals surface area (Å²) in [5.41, 5.74) is 5.12. The van der Waals surface area contributed by atoms with Gasteiger partial charge in [0.25, 0.3) is 5.91 Å². The highest BCUT2D eigenvalue weighted by Crippen LogP contribution is 2.12. The van der Waals surface area contributed by atoms with Gasteiger partial charge in [0.2, 0.25) is 0 Å². The minimum atomic E-state index is -2.27. The molecule has 7 N–H and O–H groups in total. The van der Waals surface area contributed by atoms with E-state index in [0.29, 0.717) is 0 Å². The van der Waals surface area contributed by atoms with Crippen LogP contribution in [0.5, 0.6) is 0 Å². The number of hydrogen-bond acceptors (Lipinski definition) is 8. The van der Waals surface area contributed by atoms with Gasteiger partial charge in [-0.2, -0.15) is 0 Å². The molecule has 1 heterocycles. The maximum Gasteiger partial charge on any atom is 0.335 e. The number of nitrogens with one attached hydrogen (secondary N) is 1. The molecular formula is C10H16N6O7. The monoisotopic (exact) mass is 332 g/mol. The lowest BCUT2D eigenvalue weighted by Gasteiger charge is -2.07. The zero-order valence-corrected chi connectivity index (χ0v) is 12.1. The van der Waals surface area contributed by atoms with Gasteiger partial charge in [-0.15, -0.1) is 5.11 Å². The third-order valence-electron chi connectivity index (χ3n) is 1.98. The molecule has 2 unspecified atom stereocenters. The van der Waals surface area contributed by atoms with Gasteiger partial charge in [0, 0.05) is 14.1 Å². The quantitative estimate of drug-likeness (QED) is 0.249. The van der Waals surface area contributed by atoms with Crippen LogP contribution in [0.3, 0.4) is 0 Å². The summed E-state index contributed by atoms with van der Waals surface area (Å²) in [5, 5.41) is 41.4. The van der Waals surface area contributed by atoms with Gasteiger partial charge in [-0.1, -0.05) is 5.22 Å². The SMILES string of the molecule is CN(C)N=Nc1[nH]cnc1C(N)=O.O=C(O)C(O)C(O)C(=O)O. The fourth-order valence-electron chi connectivity index (χ4n) is 0.948. The van der Waals surface area contributed by atoms with E-state index in [-0.39, 0.29) is 11.5 Å². The Morgan fingerprint density at radius 1 is 1.22 bits per heavy atom. The van der Waals surface area contributed by atoms with Crippen molar-refractivity contribution in [3.8, 4) is 0 Å². The van der Waals surface area contributed by atoms with Crippen molar-refractivity contribution in [1.82, 2.24) is 15.0 Å². The van der Waals surface area contributed by atoms with Gasteiger partial charge >= 0.3 is 11.9 Å². The molecule has 0 saturated carbocycles. The van der Waals surface area contributed by atoms with E-state index >= 15 is 0 Å². The Kier molecular flexibility index (Phi) is 7.85. The predicted octanol–water partition coefficient (Wildman–Crippen LogP) is -2.05. The number of aromatic amines is 1. The molecule has 0 aromatic carbocycles. The summed E-state index contributed by atoms with van der Waals surface area (Å²) in [6.07, 6.45) is -3.20. The van der Waals surface area contributed by atoms with E-state index in [1.165, 1.54) is 11.3 Å². The van der Waals surface area contributed by atoms with Crippen LogP contribution in [0.15, 0.2) is 16.7 Å². The third kappa shape index (κ3) is 6.96. The number of nitrogens with two attached hydrogens (primary N) is 1. The van der Waals surface area contributed by atoms with Crippen LogP contribution in [0.25, 0.3) is 0 Å². The topological polar surface area (TPSA) is 215 Å². The Morgan fingerprint density at radius 2 is 1.70 bits per heavy atom. The number of amides is 1. The number of hydrogen-bond donors (Lipinski definition) is 6. The van der Waals surface area contributed by atoms with Gasteiger partial charge in [-0.25, -0.2) is 14.6 Å². The summed E-state index contributed by atoms with van der Waals surface area (Å²) < 4.78 is 0. The van der Waals surface area contributed by atoms with Crippen LogP contribution in [0, 0.1) is 0 Å². The molecule has 2 atom stereocenters. The largest absolute Gasteiger partial charge is 0.479 e. The molecule has 0 aliphatic heterocycles. The first-order chi connectivity index (χ1) is 10.6. The van der Waals surface area contributed by atoms with Crippen LogP contribution < -0.4 is 5.73 Å². The second-order valence-corrected chi connectivity index (χ2v) is 4.07. The molecule has 1 amide bonds. The Balaban J connectivity index is 0.000000438. The van der Waals surface area contributed by atoms with E-state index in [0.717, 1.165) is 0 Å². The van der Waals surface area contributed by atoms with Gasteiger partial charge < -0.3 is 31.1 Å². The molecule has 23 heavy (non-hydrogen) atoms. The highest BCUT2D eigenvalue weighted by molar-refractivity contribution is 5.94. The summed E-state index contributed by atoms with van der Waals surface area (Å²) in [5.74, 6) is -3.90. The number of aliphatic hydroxyl groups is 2. The van der Waals surface area contributed by atoms with Crippen LogP contribution in [0.2, 0.25) is 0 Å².